The quantitative estimate of drug-likeness (QED) is 0.768. The Balaban J connectivity index is 2.19. The summed E-state index contributed by atoms with van der Waals surface area (Å²) >= 11 is 0. The number of hydrogen-bond donors (Lipinski definition) is 1. The molecule has 1 fully saturated rings. The van der Waals surface area contributed by atoms with Gasteiger partial charge >= 0.3 is 0 Å². The summed E-state index contributed by atoms with van der Waals surface area (Å²) in [6, 6.07) is 5.56. The Hall–Kier alpha value is -1.85. The van der Waals surface area contributed by atoms with Crippen LogP contribution in [0.3, 0.4) is 0 Å². The van der Waals surface area contributed by atoms with Crippen LogP contribution in [0, 0.1) is 11.8 Å². The zero-order chi connectivity index (χ0) is 18.4. The van der Waals surface area contributed by atoms with E-state index in [-0.39, 0.29) is 18.4 Å². The Morgan fingerprint density at radius 2 is 2.12 bits per heavy atom. The maximum absolute atomic E-state index is 13.0. The first-order valence-electron chi connectivity index (χ1n) is 8.81. The van der Waals surface area contributed by atoms with Crippen molar-refractivity contribution < 1.29 is 14.6 Å². The molecule has 1 aromatic rings. The number of aliphatic hydroxyl groups excluding tert-OH is 1. The first-order chi connectivity index (χ1) is 12.0. The topological polar surface area (TPSA) is 53.0 Å². The van der Waals surface area contributed by atoms with Crippen LogP contribution in [0.5, 0.6) is 5.75 Å². The average Bonchev–Trinajstić information content (AvgIpc) is 2.60. The molecule has 1 aromatic carbocycles. The molecule has 1 aliphatic rings. The minimum atomic E-state index is 0.0230. The summed E-state index contributed by atoms with van der Waals surface area (Å²) < 4.78 is 5.36. The summed E-state index contributed by atoms with van der Waals surface area (Å²) in [5, 5.41) is 9.62. The van der Waals surface area contributed by atoms with Gasteiger partial charge < -0.3 is 19.6 Å². The third-order valence-corrected chi connectivity index (χ3v) is 4.68. The second-order valence-corrected chi connectivity index (χ2v) is 7.14. The number of amides is 1. The summed E-state index contributed by atoms with van der Waals surface area (Å²) in [7, 11) is 5.71. The van der Waals surface area contributed by atoms with Crippen LogP contribution >= 0.6 is 0 Å². The summed E-state index contributed by atoms with van der Waals surface area (Å²) in [6.45, 7) is 6.16. The number of nitrogens with zero attached hydrogens (tertiary/aromatic N) is 2. The molecule has 25 heavy (non-hydrogen) atoms. The molecule has 0 radical (unpaired) electrons. The lowest BCUT2D eigenvalue weighted by atomic mass is 9.89. The Labute approximate surface area is 150 Å². The first kappa shape index (κ1) is 19.5. The Morgan fingerprint density at radius 1 is 1.40 bits per heavy atom. The van der Waals surface area contributed by atoms with Crippen molar-refractivity contribution in [3.05, 3.63) is 42.0 Å². The van der Waals surface area contributed by atoms with E-state index in [9.17, 15) is 9.90 Å². The lowest BCUT2D eigenvalue weighted by Crippen LogP contribution is -2.47. The molecular formula is C20H30N2O3. The number of carbonyl (C=O) groups excluding carboxylic acids is 1. The standard InChI is InChI=1S/C20H30N2O3/c1-5-6-17-10-18(7-8-19(17)25-4)20(24)22-12-15(11-21(2)3)9-16(13-22)14-23/h5,7-8,10,15-16,23H,1,6,9,11-14H2,2-4H3/t15-,16-/m1/s1. The zero-order valence-corrected chi connectivity index (χ0v) is 15.6. The highest BCUT2D eigenvalue weighted by Gasteiger charge is 2.30. The van der Waals surface area contributed by atoms with Crippen molar-refractivity contribution in [3.8, 4) is 5.75 Å². The van der Waals surface area contributed by atoms with Gasteiger partial charge in [0.05, 0.1) is 7.11 Å². The van der Waals surface area contributed by atoms with Crippen LogP contribution in [-0.4, -0.2) is 68.3 Å². The van der Waals surface area contributed by atoms with E-state index in [0.717, 1.165) is 30.8 Å². The first-order valence-corrected chi connectivity index (χ1v) is 8.81. The molecule has 5 heteroatoms. The predicted octanol–water partition coefficient (Wildman–Crippen LogP) is 2.06. The Morgan fingerprint density at radius 3 is 2.72 bits per heavy atom. The summed E-state index contributed by atoms with van der Waals surface area (Å²) in [5.74, 6) is 1.33. The van der Waals surface area contributed by atoms with Gasteiger partial charge in [-0.3, -0.25) is 4.79 Å². The second kappa shape index (κ2) is 9.02. The fourth-order valence-corrected chi connectivity index (χ4v) is 3.67. The molecule has 138 valence electrons. The molecule has 5 nitrogen and oxygen atoms in total. The fraction of sp³-hybridized carbons (Fsp3) is 0.550. The number of allylic oxidation sites excluding steroid dienone is 1. The molecule has 1 heterocycles. The number of carbonyl (C=O) groups is 1. The number of methoxy groups -OCH3 is 1. The smallest absolute Gasteiger partial charge is 0.253 e. The third kappa shape index (κ3) is 5.06. The van der Waals surface area contributed by atoms with Gasteiger partial charge in [0.1, 0.15) is 5.75 Å². The van der Waals surface area contributed by atoms with Crippen LogP contribution in [-0.2, 0) is 6.42 Å². The van der Waals surface area contributed by atoms with Crippen LogP contribution < -0.4 is 4.74 Å². The van der Waals surface area contributed by atoms with E-state index in [1.165, 1.54) is 0 Å². The average molecular weight is 346 g/mol. The molecule has 1 amide bonds. The van der Waals surface area contributed by atoms with Gasteiger partial charge in [0.2, 0.25) is 0 Å². The normalized spacial score (nSPS) is 20.6. The number of aliphatic hydroxyl groups is 1. The van der Waals surface area contributed by atoms with Gasteiger partial charge in [-0.2, -0.15) is 0 Å². The summed E-state index contributed by atoms with van der Waals surface area (Å²) in [6.07, 6.45) is 3.43. The van der Waals surface area contributed by atoms with E-state index in [1.54, 1.807) is 7.11 Å². The number of hydrogen-bond acceptors (Lipinski definition) is 4. The molecule has 0 spiro atoms. The lowest BCUT2D eigenvalue weighted by molar-refractivity contribution is 0.0477. The second-order valence-electron chi connectivity index (χ2n) is 7.14. The number of benzene rings is 1. The Bertz CT molecular complexity index is 601. The number of ether oxygens (including phenoxy) is 1. The maximum atomic E-state index is 13.0. The molecule has 0 saturated carbocycles. The van der Waals surface area contributed by atoms with Crippen molar-refractivity contribution in [1.29, 1.82) is 0 Å². The van der Waals surface area contributed by atoms with Crippen molar-refractivity contribution in [2.24, 2.45) is 11.8 Å². The number of likely N-dealkylation sites (tertiary alicyclic amines) is 1. The van der Waals surface area contributed by atoms with Gasteiger partial charge in [0, 0.05) is 31.8 Å². The molecule has 0 unspecified atom stereocenters. The van der Waals surface area contributed by atoms with Gasteiger partial charge in [0.25, 0.3) is 5.91 Å². The van der Waals surface area contributed by atoms with Crippen molar-refractivity contribution in [2.45, 2.75) is 12.8 Å². The van der Waals surface area contributed by atoms with Crippen LogP contribution in [0.4, 0.5) is 0 Å². The Kier molecular flexibility index (Phi) is 7.02. The largest absolute Gasteiger partial charge is 0.496 e. The highest BCUT2D eigenvalue weighted by Crippen LogP contribution is 2.26. The van der Waals surface area contributed by atoms with E-state index >= 15 is 0 Å². The summed E-state index contributed by atoms with van der Waals surface area (Å²) in [5.41, 5.74) is 1.63. The molecule has 2 atom stereocenters. The highest BCUT2D eigenvalue weighted by molar-refractivity contribution is 5.94. The SMILES string of the molecule is C=CCc1cc(C(=O)N2C[C@H](CO)C[C@H](CN(C)C)C2)ccc1OC. The van der Waals surface area contributed by atoms with Crippen LogP contribution in [0.1, 0.15) is 22.3 Å². The highest BCUT2D eigenvalue weighted by atomic mass is 16.5. The molecule has 1 saturated heterocycles. The molecule has 1 N–H and O–H groups in total. The molecular weight excluding hydrogens is 316 g/mol. The van der Waals surface area contributed by atoms with Gasteiger partial charge in [-0.1, -0.05) is 6.08 Å². The van der Waals surface area contributed by atoms with Crippen molar-refractivity contribution >= 4 is 5.91 Å². The van der Waals surface area contributed by atoms with E-state index in [4.69, 9.17) is 4.74 Å². The molecule has 0 aliphatic carbocycles. The van der Waals surface area contributed by atoms with Gasteiger partial charge in [-0.05, 0) is 62.5 Å². The van der Waals surface area contributed by atoms with E-state index in [0.29, 0.717) is 24.4 Å². The van der Waals surface area contributed by atoms with Crippen LogP contribution in [0.15, 0.2) is 30.9 Å². The lowest BCUT2D eigenvalue weighted by Gasteiger charge is -2.38. The van der Waals surface area contributed by atoms with Crippen molar-refractivity contribution in [3.63, 3.8) is 0 Å². The van der Waals surface area contributed by atoms with E-state index in [1.807, 2.05) is 43.3 Å². The third-order valence-electron chi connectivity index (χ3n) is 4.68. The number of rotatable bonds is 7. The van der Waals surface area contributed by atoms with Crippen molar-refractivity contribution in [2.75, 3.05) is 47.4 Å². The monoisotopic (exact) mass is 346 g/mol. The molecule has 0 bridgehead atoms. The van der Waals surface area contributed by atoms with E-state index < -0.39 is 0 Å². The van der Waals surface area contributed by atoms with Gasteiger partial charge in [-0.15, -0.1) is 6.58 Å². The molecule has 2 rings (SSSR count). The minimum Gasteiger partial charge on any atom is -0.496 e. The number of piperidine rings is 1. The van der Waals surface area contributed by atoms with Crippen molar-refractivity contribution in [1.82, 2.24) is 9.80 Å². The van der Waals surface area contributed by atoms with E-state index in [2.05, 4.69) is 11.5 Å². The predicted molar refractivity (Wildman–Crippen MR) is 100 cm³/mol. The summed E-state index contributed by atoms with van der Waals surface area (Å²) in [4.78, 5) is 17.0. The van der Waals surface area contributed by atoms with Gasteiger partial charge in [0.15, 0.2) is 0 Å². The van der Waals surface area contributed by atoms with Crippen LogP contribution in [0.2, 0.25) is 0 Å². The maximum Gasteiger partial charge on any atom is 0.253 e. The van der Waals surface area contributed by atoms with Crippen LogP contribution in [0.25, 0.3) is 0 Å². The molecule has 1 aliphatic heterocycles. The van der Waals surface area contributed by atoms with Gasteiger partial charge in [-0.25, -0.2) is 0 Å². The molecule has 0 aromatic heterocycles. The zero-order valence-electron chi connectivity index (χ0n) is 15.6. The fourth-order valence-electron chi connectivity index (χ4n) is 3.67. The minimum absolute atomic E-state index is 0.0230.